The van der Waals surface area contributed by atoms with Gasteiger partial charge in [-0.15, -0.1) is 0 Å². The van der Waals surface area contributed by atoms with E-state index in [1.807, 2.05) is 0 Å². The summed E-state index contributed by atoms with van der Waals surface area (Å²) in [4.78, 5) is 19.8. The normalized spacial score (nSPS) is 10.2. The van der Waals surface area contributed by atoms with Crippen LogP contribution in [0.4, 0.5) is 5.82 Å². The van der Waals surface area contributed by atoms with Crippen molar-refractivity contribution < 1.29 is 9.32 Å². The number of amides is 1. The summed E-state index contributed by atoms with van der Waals surface area (Å²) in [5.41, 5.74) is 0.370. The van der Waals surface area contributed by atoms with E-state index in [9.17, 15) is 4.79 Å². The lowest BCUT2D eigenvalue weighted by Crippen LogP contribution is -2.26. The summed E-state index contributed by atoms with van der Waals surface area (Å²) >= 11 is 5.94. The Morgan fingerprint density at radius 1 is 1.47 bits per heavy atom. The fourth-order valence-electron chi connectivity index (χ4n) is 1.44. The van der Waals surface area contributed by atoms with Gasteiger partial charge in [-0.25, -0.2) is 4.98 Å². The maximum Gasteiger partial charge on any atom is 0.253 e. The molecule has 2 heterocycles. The minimum atomic E-state index is -0.271. The number of nitrogens with one attached hydrogen (secondary N) is 2. The van der Waals surface area contributed by atoms with E-state index in [0.717, 1.165) is 0 Å². The lowest BCUT2D eigenvalue weighted by molar-refractivity contribution is 0.0954. The second-order valence-corrected chi connectivity index (χ2v) is 4.06. The molecule has 7 nitrogen and oxygen atoms in total. The van der Waals surface area contributed by atoms with Crippen molar-refractivity contribution in [3.63, 3.8) is 0 Å². The van der Waals surface area contributed by atoms with E-state index in [0.29, 0.717) is 35.2 Å². The molecule has 0 aliphatic heterocycles. The monoisotopic (exact) mass is 281 g/mol. The molecule has 0 aromatic carbocycles. The SMILES string of the molecule is CNc1cc(C(=O)NCCc2ncon2)c(Cl)cn1. The van der Waals surface area contributed by atoms with Crippen LogP contribution in [-0.4, -0.2) is 34.6 Å². The molecule has 100 valence electrons. The van der Waals surface area contributed by atoms with Crippen molar-refractivity contribution in [2.45, 2.75) is 6.42 Å². The topological polar surface area (TPSA) is 92.9 Å². The van der Waals surface area contributed by atoms with Crippen LogP contribution in [0.5, 0.6) is 0 Å². The molecule has 0 spiro atoms. The van der Waals surface area contributed by atoms with Crippen molar-refractivity contribution in [2.75, 3.05) is 18.9 Å². The Bertz CT molecular complexity index is 558. The number of hydrogen-bond acceptors (Lipinski definition) is 6. The van der Waals surface area contributed by atoms with Crippen LogP contribution in [0.15, 0.2) is 23.2 Å². The van der Waals surface area contributed by atoms with E-state index in [-0.39, 0.29) is 5.91 Å². The van der Waals surface area contributed by atoms with Crippen LogP contribution >= 0.6 is 11.6 Å². The van der Waals surface area contributed by atoms with Gasteiger partial charge in [0.2, 0.25) is 6.39 Å². The van der Waals surface area contributed by atoms with Crippen LogP contribution in [0.1, 0.15) is 16.2 Å². The van der Waals surface area contributed by atoms with Crippen LogP contribution < -0.4 is 10.6 Å². The summed E-state index contributed by atoms with van der Waals surface area (Å²) in [6, 6.07) is 1.59. The zero-order valence-electron chi connectivity index (χ0n) is 10.2. The third-order valence-corrected chi connectivity index (χ3v) is 2.70. The van der Waals surface area contributed by atoms with Gasteiger partial charge < -0.3 is 15.2 Å². The molecule has 0 fully saturated rings. The Hall–Kier alpha value is -2.15. The number of halogens is 1. The van der Waals surface area contributed by atoms with Crippen molar-refractivity contribution in [3.8, 4) is 0 Å². The molecule has 2 aromatic heterocycles. The first-order chi connectivity index (χ1) is 9.20. The predicted octanol–water partition coefficient (Wildman–Crippen LogP) is 1.13. The van der Waals surface area contributed by atoms with E-state index in [1.54, 1.807) is 13.1 Å². The number of hydrogen-bond donors (Lipinski definition) is 2. The summed E-state index contributed by atoms with van der Waals surface area (Å²) < 4.78 is 4.59. The summed E-state index contributed by atoms with van der Waals surface area (Å²) in [5, 5.41) is 9.52. The second-order valence-electron chi connectivity index (χ2n) is 3.65. The molecule has 0 bridgehead atoms. The average molecular weight is 282 g/mol. The number of carbonyl (C=O) groups is 1. The Labute approximate surface area is 114 Å². The smallest absolute Gasteiger partial charge is 0.253 e. The molecule has 0 aliphatic carbocycles. The summed E-state index contributed by atoms with van der Waals surface area (Å²) in [6.45, 7) is 0.395. The fourth-order valence-corrected chi connectivity index (χ4v) is 1.62. The van der Waals surface area contributed by atoms with Gasteiger partial charge in [0.05, 0.1) is 10.6 Å². The van der Waals surface area contributed by atoms with Gasteiger partial charge >= 0.3 is 0 Å². The maximum absolute atomic E-state index is 11.9. The lowest BCUT2D eigenvalue weighted by atomic mass is 10.2. The molecule has 0 saturated carbocycles. The lowest BCUT2D eigenvalue weighted by Gasteiger charge is -2.07. The molecule has 0 aliphatic rings. The zero-order valence-corrected chi connectivity index (χ0v) is 10.9. The highest BCUT2D eigenvalue weighted by Crippen LogP contribution is 2.17. The molecule has 19 heavy (non-hydrogen) atoms. The first-order valence-electron chi connectivity index (χ1n) is 5.57. The molecule has 8 heteroatoms. The quantitative estimate of drug-likeness (QED) is 0.853. The van der Waals surface area contributed by atoms with Gasteiger partial charge in [-0.05, 0) is 6.07 Å². The van der Waals surface area contributed by atoms with Crippen molar-refractivity contribution in [1.29, 1.82) is 0 Å². The van der Waals surface area contributed by atoms with E-state index >= 15 is 0 Å². The maximum atomic E-state index is 11.9. The molecule has 2 rings (SSSR count). The highest BCUT2D eigenvalue weighted by atomic mass is 35.5. The summed E-state index contributed by atoms with van der Waals surface area (Å²) in [7, 11) is 1.72. The molecule has 1 amide bonds. The highest BCUT2D eigenvalue weighted by molar-refractivity contribution is 6.33. The number of rotatable bonds is 5. The molecular formula is C11H12ClN5O2. The Morgan fingerprint density at radius 2 is 2.32 bits per heavy atom. The Balaban J connectivity index is 1.95. The minimum Gasteiger partial charge on any atom is -0.373 e. The molecule has 0 saturated heterocycles. The third-order valence-electron chi connectivity index (χ3n) is 2.40. The largest absolute Gasteiger partial charge is 0.373 e. The fraction of sp³-hybridized carbons (Fsp3) is 0.273. The van der Waals surface area contributed by atoms with Crippen LogP contribution in [0.2, 0.25) is 5.02 Å². The van der Waals surface area contributed by atoms with Gasteiger partial charge in [0, 0.05) is 26.2 Å². The molecule has 2 aromatic rings. The van der Waals surface area contributed by atoms with Crippen molar-refractivity contribution >= 4 is 23.3 Å². The van der Waals surface area contributed by atoms with Crippen LogP contribution in [-0.2, 0) is 6.42 Å². The highest BCUT2D eigenvalue weighted by Gasteiger charge is 2.11. The van der Waals surface area contributed by atoms with Crippen LogP contribution in [0.3, 0.4) is 0 Å². The van der Waals surface area contributed by atoms with Gasteiger partial charge in [0.1, 0.15) is 5.82 Å². The Kier molecular flexibility index (Phi) is 4.30. The predicted molar refractivity (Wildman–Crippen MR) is 69.1 cm³/mol. The standard InChI is InChI=1S/C11H12ClN5O2/c1-13-10-4-7(8(12)5-15-10)11(18)14-3-2-9-16-6-19-17-9/h4-6H,2-3H2,1H3,(H,13,15)(H,14,18). The van der Waals surface area contributed by atoms with Gasteiger partial charge in [0.15, 0.2) is 5.82 Å². The van der Waals surface area contributed by atoms with Crippen LogP contribution in [0, 0.1) is 0 Å². The number of carbonyl (C=O) groups excluding carboxylic acids is 1. The van der Waals surface area contributed by atoms with Crippen LogP contribution in [0.25, 0.3) is 0 Å². The molecule has 0 atom stereocenters. The van der Waals surface area contributed by atoms with Crippen molar-refractivity contribution in [2.24, 2.45) is 0 Å². The number of pyridine rings is 1. The zero-order chi connectivity index (χ0) is 13.7. The first kappa shape index (κ1) is 13.3. The number of aromatic nitrogens is 3. The Morgan fingerprint density at radius 3 is 3.00 bits per heavy atom. The minimum absolute atomic E-state index is 0.271. The first-order valence-corrected chi connectivity index (χ1v) is 5.95. The molecule has 0 unspecified atom stereocenters. The van der Waals surface area contributed by atoms with Gasteiger partial charge in [-0.1, -0.05) is 16.8 Å². The molecular weight excluding hydrogens is 270 g/mol. The van der Waals surface area contributed by atoms with E-state index in [4.69, 9.17) is 11.6 Å². The van der Waals surface area contributed by atoms with Crippen molar-refractivity contribution in [3.05, 3.63) is 35.1 Å². The van der Waals surface area contributed by atoms with Crippen molar-refractivity contribution in [1.82, 2.24) is 20.4 Å². The number of anilines is 1. The van der Waals surface area contributed by atoms with Gasteiger partial charge in [-0.2, -0.15) is 4.98 Å². The average Bonchev–Trinajstić information content (AvgIpc) is 2.92. The number of nitrogens with zero attached hydrogens (tertiary/aromatic N) is 3. The summed E-state index contributed by atoms with van der Waals surface area (Å²) in [6.07, 6.45) is 3.17. The van der Waals surface area contributed by atoms with E-state index in [2.05, 4.69) is 30.3 Å². The molecule has 0 radical (unpaired) electrons. The molecule has 2 N–H and O–H groups in total. The van der Waals surface area contributed by atoms with E-state index in [1.165, 1.54) is 12.6 Å². The van der Waals surface area contributed by atoms with E-state index < -0.39 is 0 Å². The second kappa shape index (κ2) is 6.14. The summed E-state index contributed by atoms with van der Waals surface area (Å²) in [5.74, 6) is 0.845. The van der Waals surface area contributed by atoms with Gasteiger partial charge in [-0.3, -0.25) is 4.79 Å². The van der Waals surface area contributed by atoms with Gasteiger partial charge in [0.25, 0.3) is 5.91 Å². The third kappa shape index (κ3) is 3.41.